The molecule has 1 saturated heterocycles. The number of rotatable bonds is 5. The predicted octanol–water partition coefficient (Wildman–Crippen LogP) is 4.61. The van der Waals surface area contributed by atoms with E-state index in [0.717, 1.165) is 27.1 Å². The summed E-state index contributed by atoms with van der Waals surface area (Å²) in [5, 5.41) is 10.3. The maximum Gasteiger partial charge on any atom is 0.253 e. The van der Waals surface area contributed by atoms with E-state index < -0.39 is 16.1 Å². The van der Waals surface area contributed by atoms with Crippen molar-refractivity contribution in [3.05, 3.63) is 52.0 Å². The Morgan fingerprint density at radius 1 is 1.27 bits per heavy atom. The first kappa shape index (κ1) is 22.5. The molecule has 1 aliphatic rings. The van der Waals surface area contributed by atoms with Gasteiger partial charge in [0, 0.05) is 12.6 Å². The summed E-state index contributed by atoms with van der Waals surface area (Å²) in [5.41, 5.74) is 2.48. The highest BCUT2D eigenvalue weighted by Crippen LogP contribution is 2.34. The van der Waals surface area contributed by atoms with Crippen molar-refractivity contribution in [1.29, 1.82) is 0 Å². The van der Waals surface area contributed by atoms with Crippen LogP contribution in [-0.2, 0) is 14.8 Å². The van der Waals surface area contributed by atoms with Gasteiger partial charge in [-0.1, -0.05) is 35.1 Å². The van der Waals surface area contributed by atoms with Crippen LogP contribution in [0.2, 0.25) is 5.02 Å². The van der Waals surface area contributed by atoms with Crippen LogP contribution in [0.5, 0.6) is 0 Å². The molecule has 0 saturated carbocycles. The second-order valence-corrected chi connectivity index (χ2v) is 12.3. The maximum atomic E-state index is 13.2. The second-order valence-electron chi connectivity index (χ2n) is 7.82. The van der Waals surface area contributed by atoms with Crippen molar-refractivity contribution in [2.75, 3.05) is 11.9 Å². The van der Waals surface area contributed by atoms with Gasteiger partial charge in [-0.3, -0.25) is 4.79 Å². The molecule has 172 valence electrons. The van der Waals surface area contributed by atoms with Gasteiger partial charge in [-0.05, 0) is 49.8 Å². The van der Waals surface area contributed by atoms with Crippen molar-refractivity contribution < 1.29 is 13.2 Å². The van der Waals surface area contributed by atoms with E-state index in [1.165, 1.54) is 15.6 Å². The van der Waals surface area contributed by atoms with E-state index in [1.807, 2.05) is 26.0 Å². The number of sulfonamides is 1. The third-order valence-electron chi connectivity index (χ3n) is 5.51. The topological polar surface area (TPSA) is 97.2 Å². The Hall–Kier alpha value is -2.31. The molecule has 4 heterocycles. The maximum absolute atomic E-state index is 13.2. The van der Waals surface area contributed by atoms with Gasteiger partial charge < -0.3 is 5.32 Å². The normalized spacial score (nSPS) is 17.1. The Balaban J connectivity index is 1.46. The highest BCUT2D eigenvalue weighted by molar-refractivity contribution is 7.91. The summed E-state index contributed by atoms with van der Waals surface area (Å²) in [5.74, 6) is 0.0507. The smallest absolute Gasteiger partial charge is 0.253 e. The number of benzene rings is 1. The molecule has 1 atom stereocenters. The number of amides is 1. The summed E-state index contributed by atoms with van der Waals surface area (Å²) in [6.45, 7) is 4.09. The zero-order chi connectivity index (χ0) is 23.3. The van der Waals surface area contributed by atoms with E-state index in [4.69, 9.17) is 11.6 Å². The molecule has 5 rings (SSSR count). The van der Waals surface area contributed by atoms with Crippen molar-refractivity contribution in [1.82, 2.24) is 19.1 Å². The van der Waals surface area contributed by atoms with Crippen LogP contribution in [0.15, 0.2) is 39.9 Å². The minimum absolute atomic E-state index is 0.241. The third-order valence-corrected chi connectivity index (χ3v) is 10.3. The molecule has 3 aromatic heterocycles. The van der Waals surface area contributed by atoms with Crippen molar-refractivity contribution in [2.45, 2.75) is 36.9 Å². The first-order valence-corrected chi connectivity index (χ1v) is 13.8. The summed E-state index contributed by atoms with van der Waals surface area (Å²) >= 11 is 8.89. The number of hydrogen-bond acceptors (Lipinski definition) is 7. The lowest BCUT2D eigenvalue weighted by molar-refractivity contribution is -0.119. The van der Waals surface area contributed by atoms with Crippen molar-refractivity contribution in [3.63, 3.8) is 0 Å². The molecule has 1 unspecified atom stereocenters. The lowest BCUT2D eigenvalue weighted by Gasteiger charge is -2.22. The molecular weight excluding hydrogens is 502 g/mol. The fraction of sp³-hybridized carbons (Fsp3) is 0.286. The first-order chi connectivity index (χ1) is 15.8. The summed E-state index contributed by atoms with van der Waals surface area (Å²) in [4.78, 5) is 17.9. The van der Waals surface area contributed by atoms with Gasteiger partial charge in [-0.2, -0.15) is 14.1 Å². The van der Waals surface area contributed by atoms with E-state index in [1.54, 1.807) is 28.3 Å². The molecule has 0 bridgehead atoms. The SMILES string of the molecule is Cc1cc(NC(=O)C2CCCN2S(=O)(=O)c2cccs2)n(-c2nc3c(C)ccc(Cl)c3s2)n1. The molecule has 8 nitrogen and oxygen atoms in total. The summed E-state index contributed by atoms with van der Waals surface area (Å²) in [6, 6.07) is 7.95. The zero-order valence-electron chi connectivity index (χ0n) is 17.8. The molecule has 1 fully saturated rings. The highest BCUT2D eigenvalue weighted by atomic mass is 35.5. The largest absolute Gasteiger partial charge is 0.309 e. The van der Waals surface area contributed by atoms with Crippen LogP contribution in [0, 0.1) is 13.8 Å². The molecule has 1 aliphatic heterocycles. The molecule has 1 amide bonds. The summed E-state index contributed by atoms with van der Waals surface area (Å²) in [7, 11) is -3.72. The van der Waals surface area contributed by atoms with E-state index in [9.17, 15) is 13.2 Å². The standard InChI is InChI=1S/C21H20ClN5O3S3/c1-12-7-8-14(22)19-18(12)24-21(32-19)27-16(11-13(2)25-27)23-20(28)15-5-3-9-26(15)33(29,30)17-6-4-10-31-17/h4,6-8,10-11,15H,3,5,9H2,1-2H3,(H,23,28). The van der Waals surface area contributed by atoms with Crippen LogP contribution in [0.3, 0.4) is 0 Å². The molecule has 0 spiro atoms. The number of nitrogens with zero attached hydrogens (tertiary/aromatic N) is 4. The number of nitrogens with one attached hydrogen (secondary N) is 1. The molecule has 1 aromatic carbocycles. The Bertz CT molecular complexity index is 1420. The first-order valence-electron chi connectivity index (χ1n) is 10.2. The number of thiazole rings is 1. The van der Waals surface area contributed by atoms with Gasteiger partial charge in [-0.15, -0.1) is 11.3 Å². The molecule has 4 aromatic rings. The summed E-state index contributed by atoms with van der Waals surface area (Å²) in [6.07, 6.45) is 1.08. The third kappa shape index (κ3) is 3.97. The van der Waals surface area contributed by atoms with Crippen LogP contribution in [0.25, 0.3) is 15.3 Å². The lowest BCUT2D eigenvalue weighted by Crippen LogP contribution is -2.43. The molecule has 33 heavy (non-hydrogen) atoms. The number of halogens is 1. The number of aromatic nitrogens is 3. The lowest BCUT2D eigenvalue weighted by atomic mass is 10.2. The molecule has 1 N–H and O–H groups in total. The predicted molar refractivity (Wildman–Crippen MR) is 131 cm³/mol. The van der Waals surface area contributed by atoms with E-state index in [2.05, 4.69) is 15.4 Å². The quantitative estimate of drug-likeness (QED) is 0.414. The molecule has 12 heteroatoms. The van der Waals surface area contributed by atoms with E-state index in [-0.39, 0.29) is 10.1 Å². The number of carbonyl (C=O) groups excluding carboxylic acids is 1. The minimum atomic E-state index is -3.72. The number of anilines is 1. The van der Waals surface area contributed by atoms with Crippen molar-refractivity contribution in [3.8, 4) is 5.13 Å². The highest BCUT2D eigenvalue weighted by Gasteiger charge is 2.40. The van der Waals surface area contributed by atoms with Gasteiger partial charge in [0.05, 0.1) is 20.9 Å². The van der Waals surface area contributed by atoms with Crippen LogP contribution in [0.1, 0.15) is 24.1 Å². The van der Waals surface area contributed by atoms with Crippen LogP contribution < -0.4 is 5.32 Å². The summed E-state index contributed by atoms with van der Waals surface area (Å²) < 4.78 is 30.0. The number of aryl methyl sites for hydroxylation is 2. The fourth-order valence-corrected chi connectivity index (χ4v) is 8.00. The monoisotopic (exact) mass is 521 g/mol. The van der Waals surface area contributed by atoms with Crippen LogP contribution >= 0.6 is 34.3 Å². The zero-order valence-corrected chi connectivity index (χ0v) is 21.0. The average Bonchev–Trinajstić information content (AvgIpc) is 3.56. The van der Waals surface area contributed by atoms with Crippen LogP contribution in [-0.4, -0.2) is 46.0 Å². The Kier molecular flexibility index (Phi) is 5.78. The fourth-order valence-electron chi connectivity index (χ4n) is 3.94. The van der Waals surface area contributed by atoms with Gasteiger partial charge in [0.15, 0.2) is 0 Å². The Morgan fingerprint density at radius 3 is 2.82 bits per heavy atom. The molecular formula is C21H20ClN5O3S3. The van der Waals surface area contributed by atoms with Gasteiger partial charge in [0.25, 0.3) is 10.0 Å². The van der Waals surface area contributed by atoms with Gasteiger partial charge in [-0.25, -0.2) is 13.4 Å². The second kappa shape index (κ2) is 8.48. The Morgan fingerprint density at radius 2 is 2.09 bits per heavy atom. The van der Waals surface area contributed by atoms with E-state index >= 15 is 0 Å². The number of carbonyl (C=O) groups is 1. The number of hydrogen-bond donors (Lipinski definition) is 1. The van der Waals surface area contributed by atoms with Gasteiger partial charge >= 0.3 is 0 Å². The molecule has 0 radical (unpaired) electrons. The van der Waals surface area contributed by atoms with Gasteiger partial charge in [0.1, 0.15) is 16.1 Å². The van der Waals surface area contributed by atoms with Crippen molar-refractivity contribution in [2.24, 2.45) is 0 Å². The number of fused-ring (bicyclic) bond motifs is 1. The number of thiophene rings is 1. The molecule has 0 aliphatic carbocycles. The van der Waals surface area contributed by atoms with Crippen molar-refractivity contribution >= 4 is 66.2 Å². The van der Waals surface area contributed by atoms with Gasteiger partial charge in [0.2, 0.25) is 11.0 Å². The average molecular weight is 522 g/mol. The van der Waals surface area contributed by atoms with Crippen LogP contribution in [0.4, 0.5) is 5.82 Å². The minimum Gasteiger partial charge on any atom is -0.309 e. The van der Waals surface area contributed by atoms with E-state index in [0.29, 0.717) is 41.1 Å². The Labute approximate surface area is 203 Å².